The first-order valence-corrected chi connectivity index (χ1v) is 6.01. The molecule has 2 N–H and O–H groups in total. The summed E-state index contributed by atoms with van der Waals surface area (Å²) in [6.07, 6.45) is 0. The third kappa shape index (κ3) is 3.56. The fraction of sp³-hybridized carbons (Fsp3) is 0.333. The van der Waals surface area contributed by atoms with Crippen molar-refractivity contribution in [2.24, 2.45) is 5.92 Å². The van der Waals surface area contributed by atoms with E-state index in [4.69, 9.17) is 5.11 Å². The maximum absolute atomic E-state index is 11.9. The Kier molecular flexibility index (Phi) is 4.69. The molecule has 1 atom stereocenters. The van der Waals surface area contributed by atoms with Crippen molar-refractivity contribution in [3.05, 3.63) is 34.3 Å². The standard InChI is InChI=1S/C12H14BrNO3/c1-7(2)10(12(16)17)14-11(15)8-5-3-4-6-9(8)13/h3-7,10H,1-2H3,(H,14,15)(H,16,17)/t10-/m0/s1. The zero-order chi connectivity index (χ0) is 13.0. The molecule has 1 rings (SSSR count). The molecule has 0 aliphatic heterocycles. The molecule has 0 aromatic heterocycles. The fourth-order valence-electron chi connectivity index (χ4n) is 1.38. The van der Waals surface area contributed by atoms with Crippen molar-refractivity contribution in [2.45, 2.75) is 19.9 Å². The molecular weight excluding hydrogens is 286 g/mol. The highest BCUT2D eigenvalue weighted by Crippen LogP contribution is 2.16. The lowest BCUT2D eigenvalue weighted by atomic mass is 10.0. The van der Waals surface area contributed by atoms with Gasteiger partial charge in [-0.25, -0.2) is 4.79 Å². The van der Waals surface area contributed by atoms with Crippen LogP contribution in [0.2, 0.25) is 0 Å². The molecule has 0 aliphatic rings. The average Bonchev–Trinajstić information content (AvgIpc) is 2.25. The highest BCUT2D eigenvalue weighted by atomic mass is 79.9. The minimum atomic E-state index is -1.03. The number of aliphatic carboxylic acids is 1. The summed E-state index contributed by atoms with van der Waals surface area (Å²) in [7, 11) is 0. The van der Waals surface area contributed by atoms with Crippen LogP contribution in [0.3, 0.4) is 0 Å². The summed E-state index contributed by atoms with van der Waals surface area (Å²) >= 11 is 3.25. The summed E-state index contributed by atoms with van der Waals surface area (Å²) in [5, 5.41) is 11.5. The maximum atomic E-state index is 11.9. The lowest BCUT2D eigenvalue weighted by molar-refractivity contribution is -0.140. The zero-order valence-corrected chi connectivity index (χ0v) is 11.2. The van der Waals surface area contributed by atoms with Crippen LogP contribution in [0.15, 0.2) is 28.7 Å². The van der Waals surface area contributed by atoms with E-state index in [0.29, 0.717) is 10.0 Å². The quantitative estimate of drug-likeness (QED) is 0.896. The van der Waals surface area contributed by atoms with E-state index >= 15 is 0 Å². The topological polar surface area (TPSA) is 66.4 Å². The molecule has 92 valence electrons. The van der Waals surface area contributed by atoms with Crippen LogP contribution in [0.5, 0.6) is 0 Å². The number of rotatable bonds is 4. The van der Waals surface area contributed by atoms with Crippen LogP contribution in [0.25, 0.3) is 0 Å². The average molecular weight is 300 g/mol. The number of hydrogen-bond donors (Lipinski definition) is 2. The van der Waals surface area contributed by atoms with Crippen molar-refractivity contribution in [3.8, 4) is 0 Å². The number of carbonyl (C=O) groups is 2. The van der Waals surface area contributed by atoms with Gasteiger partial charge in [0.15, 0.2) is 0 Å². The van der Waals surface area contributed by atoms with E-state index < -0.39 is 17.9 Å². The summed E-state index contributed by atoms with van der Waals surface area (Å²) in [6.45, 7) is 3.50. The molecule has 0 aliphatic carbocycles. The van der Waals surface area contributed by atoms with Crippen molar-refractivity contribution < 1.29 is 14.7 Å². The Morgan fingerprint density at radius 3 is 2.35 bits per heavy atom. The van der Waals surface area contributed by atoms with Gasteiger partial charge in [0.25, 0.3) is 5.91 Å². The van der Waals surface area contributed by atoms with Gasteiger partial charge in [0.2, 0.25) is 0 Å². The molecule has 1 aromatic rings. The molecule has 0 radical (unpaired) electrons. The molecule has 4 nitrogen and oxygen atoms in total. The van der Waals surface area contributed by atoms with Crippen LogP contribution in [0.1, 0.15) is 24.2 Å². The number of carboxylic acid groups (broad SMARTS) is 1. The Labute approximate surface area is 108 Å². The Balaban J connectivity index is 2.85. The van der Waals surface area contributed by atoms with Crippen molar-refractivity contribution >= 4 is 27.8 Å². The van der Waals surface area contributed by atoms with E-state index in [1.165, 1.54) is 0 Å². The van der Waals surface area contributed by atoms with Gasteiger partial charge in [-0.05, 0) is 34.0 Å². The van der Waals surface area contributed by atoms with Crippen LogP contribution >= 0.6 is 15.9 Å². The van der Waals surface area contributed by atoms with Crippen molar-refractivity contribution in [1.29, 1.82) is 0 Å². The number of carbonyl (C=O) groups excluding carboxylic acids is 1. The van der Waals surface area contributed by atoms with Gasteiger partial charge >= 0.3 is 5.97 Å². The Bertz CT molecular complexity index is 432. The smallest absolute Gasteiger partial charge is 0.326 e. The lowest BCUT2D eigenvalue weighted by Gasteiger charge is -2.18. The largest absolute Gasteiger partial charge is 0.480 e. The van der Waals surface area contributed by atoms with Gasteiger partial charge in [-0.15, -0.1) is 0 Å². The van der Waals surface area contributed by atoms with Crippen LogP contribution < -0.4 is 5.32 Å². The lowest BCUT2D eigenvalue weighted by Crippen LogP contribution is -2.44. The molecule has 0 heterocycles. The molecule has 17 heavy (non-hydrogen) atoms. The SMILES string of the molecule is CC(C)[C@H](NC(=O)c1ccccc1Br)C(=O)O. The summed E-state index contributed by atoms with van der Waals surface area (Å²) in [6, 6.07) is 6.01. The second-order valence-electron chi connectivity index (χ2n) is 4.01. The highest BCUT2D eigenvalue weighted by Gasteiger charge is 2.24. The Morgan fingerprint density at radius 1 is 1.29 bits per heavy atom. The van der Waals surface area contributed by atoms with Gasteiger partial charge in [0.05, 0.1) is 5.56 Å². The summed E-state index contributed by atoms with van der Waals surface area (Å²) in [5.41, 5.74) is 0.430. The predicted octanol–water partition coefficient (Wildman–Crippen LogP) is 2.29. The molecule has 1 aromatic carbocycles. The molecule has 0 unspecified atom stereocenters. The van der Waals surface area contributed by atoms with Gasteiger partial charge in [0.1, 0.15) is 6.04 Å². The van der Waals surface area contributed by atoms with Crippen molar-refractivity contribution in [1.82, 2.24) is 5.32 Å². The number of hydrogen-bond acceptors (Lipinski definition) is 2. The van der Waals surface area contributed by atoms with E-state index in [0.717, 1.165) is 0 Å². The summed E-state index contributed by atoms with van der Waals surface area (Å²) in [5.74, 6) is -1.59. The zero-order valence-electron chi connectivity index (χ0n) is 9.61. The van der Waals surface area contributed by atoms with Gasteiger partial charge in [0, 0.05) is 4.47 Å². The highest BCUT2D eigenvalue weighted by molar-refractivity contribution is 9.10. The molecule has 0 bridgehead atoms. The number of benzene rings is 1. The van der Waals surface area contributed by atoms with Gasteiger partial charge in [-0.1, -0.05) is 26.0 Å². The molecule has 1 amide bonds. The second-order valence-corrected chi connectivity index (χ2v) is 4.87. The molecule has 0 saturated carbocycles. The monoisotopic (exact) mass is 299 g/mol. The molecule has 5 heteroatoms. The van der Waals surface area contributed by atoms with E-state index in [1.54, 1.807) is 38.1 Å². The van der Waals surface area contributed by atoms with Crippen molar-refractivity contribution in [2.75, 3.05) is 0 Å². The molecular formula is C12H14BrNO3. The van der Waals surface area contributed by atoms with E-state index in [1.807, 2.05) is 0 Å². The molecule has 0 saturated heterocycles. The third-order valence-electron chi connectivity index (χ3n) is 2.34. The maximum Gasteiger partial charge on any atom is 0.326 e. The van der Waals surface area contributed by atoms with E-state index in [2.05, 4.69) is 21.2 Å². The van der Waals surface area contributed by atoms with Crippen LogP contribution in [-0.4, -0.2) is 23.0 Å². The first-order chi connectivity index (χ1) is 7.93. The number of amides is 1. The van der Waals surface area contributed by atoms with Crippen LogP contribution in [-0.2, 0) is 4.79 Å². The Morgan fingerprint density at radius 2 is 1.88 bits per heavy atom. The van der Waals surface area contributed by atoms with Crippen molar-refractivity contribution in [3.63, 3.8) is 0 Å². The normalized spacial score (nSPS) is 12.2. The first kappa shape index (κ1) is 13.7. The van der Waals surface area contributed by atoms with Crippen LogP contribution in [0.4, 0.5) is 0 Å². The van der Waals surface area contributed by atoms with Gasteiger partial charge < -0.3 is 10.4 Å². The first-order valence-electron chi connectivity index (χ1n) is 5.21. The molecule has 0 spiro atoms. The number of halogens is 1. The Hall–Kier alpha value is -1.36. The minimum Gasteiger partial charge on any atom is -0.480 e. The van der Waals surface area contributed by atoms with Crippen LogP contribution in [0, 0.1) is 5.92 Å². The van der Waals surface area contributed by atoms with Gasteiger partial charge in [-0.3, -0.25) is 4.79 Å². The number of carboxylic acids is 1. The van der Waals surface area contributed by atoms with E-state index in [-0.39, 0.29) is 5.92 Å². The van der Waals surface area contributed by atoms with Gasteiger partial charge in [-0.2, -0.15) is 0 Å². The number of nitrogens with one attached hydrogen (secondary N) is 1. The predicted molar refractivity (Wildman–Crippen MR) is 67.9 cm³/mol. The fourth-order valence-corrected chi connectivity index (χ4v) is 1.84. The van der Waals surface area contributed by atoms with E-state index in [9.17, 15) is 9.59 Å². The summed E-state index contributed by atoms with van der Waals surface area (Å²) in [4.78, 5) is 22.8. The second kappa shape index (κ2) is 5.82. The third-order valence-corrected chi connectivity index (χ3v) is 3.03. The molecule has 0 fully saturated rings. The summed E-state index contributed by atoms with van der Waals surface area (Å²) < 4.78 is 0.644. The minimum absolute atomic E-state index is 0.168.